The van der Waals surface area contributed by atoms with Crippen LogP contribution in [0.1, 0.15) is 34.5 Å². The third kappa shape index (κ3) is 5.34. The van der Waals surface area contributed by atoms with E-state index in [-0.39, 0.29) is 6.04 Å². The Bertz CT molecular complexity index is 913. The van der Waals surface area contributed by atoms with Crippen LogP contribution >= 0.6 is 0 Å². The van der Waals surface area contributed by atoms with Crippen molar-refractivity contribution in [2.24, 2.45) is 0 Å². The number of likely N-dealkylation sites (N-methyl/N-ethyl adjacent to an activating group) is 1. The molecule has 1 aromatic heterocycles. The van der Waals surface area contributed by atoms with Gasteiger partial charge in [0, 0.05) is 39.5 Å². The van der Waals surface area contributed by atoms with Crippen molar-refractivity contribution in [3.63, 3.8) is 0 Å². The number of carbonyl (C=O) groups excluding carboxylic acids is 2. The van der Waals surface area contributed by atoms with Gasteiger partial charge in [-0.15, -0.1) is 0 Å². The van der Waals surface area contributed by atoms with Crippen LogP contribution in [0.4, 0.5) is 0 Å². The Balaban J connectivity index is 0.000000275. The Labute approximate surface area is 175 Å². The predicted octanol–water partition coefficient (Wildman–Crippen LogP) is -0.539. The summed E-state index contributed by atoms with van der Waals surface area (Å²) in [6.45, 7) is 6.36. The summed E-state index contributed by atoms with van der Waals surface area (Å²) in [6, 6.07) is 9.08. The molecule has 8 heteroatoms. The first-order valence-electron chi connectivity index (χ1n) is 9.91. The summed E-state index contributed by atoms with van der Waals surface area (Å²) in [5, 5.41) is 18.8. The second kappa shape index (κ2) is 9.69. The number of carboxylic acids is 2. The van der Waals surface area contributed by atoms with Crippen molar-refractivity contribution in [1.29, 1.82) is 0 Å². The number of benzene rings is 1. The van der Waals surface area contributed by atoms with E-state index < -0.39 is 11.9 Å². The van der Waals surface area contributed by atoms with Crippen LogP contribution in [-0.2, 0) is 22.4 Å². The van der Waals surface area contributed by atoms with Gasteiger partial charge in [-0.05, 0) is 36.7 Å². The Morgan fingerprint density at radius 3 is 2.33 bits per heavy atom. The minimum Gasteiger partial charge on any atom is -0.545 e. The Hall–Kier alpha value is -2.97. The number of nitrogens with zero attached hydrogens (tertiary/aromatic N) is 3. The van der Waals surface area contributed by atoms with E-state index in [0.29, 0.717) is 12.2 Å². The van der Waals surface area contributed by atoms with E-state index in [4.69, 9.17) is 9.40 Å². The number of hydrogen-bond acceptors (Lipinski definition) is 8. The number of carboxylic acid groups (broad SMARTS) is 2. The molecule has 8 nitrogen and oxygen atoms in total. The zero-order valence-electron chi connectivity index (χ0n) is 17.2. The number of piperazine rings is 1. The molecule has 2 aliphatic rings. The number of rotatable bonds is 3. The molecule has 1 aromatic carbocycles. The van der Waals surface area contributed by atoms with Crippen molar-refractivity contribution in [1.82, 2.24) is 14.8 Å². The fraction of sp³-hybridized carbons (Fsp3) is 0.409. The molecule has 1 aliphatic heterocycles. The fourth-order valence-corrected chi connectivity index (χ4v) is 3.89. The molecule has 160 valence electrons. The molecule has 1 aliphatic carbocycles. The van der Waals surface area contributed by atoms with Crippen LogP contribution in [0.3, 0.4) is 0 Å². The van der Waals surface area contributed by atoms with Crippen LogP contribution in [0.15, 0.2) is 40.8 Å². The summed E-state index contributed by atoms with van der Waals surface area (Å²) in [4.78, 5) is 28.6. The first-order chi connectivity index (χ1) is 14.3. The highest BCUT2D eigenvalue weighted by Crippen LogP contribution is 2.36. The summed E-state index contributed by atoms with van der Waals surface area (Å²) in [5.41, 5.74) is 4.00. The Morgan fingerprint density at radius 1 is 1.07 bits per heavy atom. The van der Waals surface area contributed by atoms with Crippen LogP contribution in [0.25, 0.3) is 0 Å². The summed E-state index contributed by atoms with van der Waals surface area (Å²) in [7, 11) is 2.20. The second-order valence-electron chi connectivity index (χ2n) is 7.45. The van der Waals surface area contributed by atoms with Gasteiger partial charge in [0.15, 0.2) is 5.89 Å². The molecule has 30 heavy (non-hydrogen) atoms. The fourth-order valence-electron chi connectivity index (χ4n) is 3.89. The molecule has 1 atom stereocenters. The molecule has 0 N–H and O–H groups in total. The van der Waals surface area contributed by atoms with Crippen molar-refractivity contribution >= 4 is 11.9 Å². The number of aromatic nitrogens is 1. The van der Waals surface area contributed by atoms with Crippen molar-refractivity contribution < 1.29 is 24.2 Å². The molecule has 0 bridgehead atoms. The molecule has 1 saturated heterocycles. The molecule has 2 aromatic rings. The summed E-state index contributed by atoms with van der Waals surface area (Å²) < 4.78 is 5.91. The molecule has 0 saturated carbocycles. The largest absolute Gasteiger partial charge is 0.545 e. The predicted molar refractivity (Wildman–Crippen MR) is 105 cm³/mol. The van der Waals surface area contributed by atoms with Gasteiger partial charge in [-0.3, -0.25) is 4.90 Å². The second-order valence-corrected chi connectivity index (χ2v) is 7.45. The monoisotopic (exact) mass is 411 g/mol. The lowest BCUT2D eigenvalue weighted by atomic mass is 9.97. The molecule has 2 heterocycles. The van der Waals surface area contributed by atoms with Gasteiger partial charge in [-0.1, -0.05) is 24.3 Å². The van der Waals surface area contributed by atoms with E-state index in [0.717, 1.165) is 56.4 Å². The van der Waals surface area contributed by atoms with Crippen LogP contribution in [0.5, 0.6) is 0 Å². The quantitative estimate of drug-likeness (QED) is 0.619. The Morgan fingerprint density at radius 2 is 1.70 bits per heavy atom. The van der Waals surface area contributed by atoms with E-state index in [1.807, 2.05) is 6.92 Å². The standard InChI is InChI=1S/C18H23N3O.C4H4O4/c1-13-19-17-16(22-13)8-7-14-5-3-4-6-15(14)18(17)21-11-9-20(2)10-12-21;5-3(6)1-2-4(7)8/h3-6,18H,7-12H2,1-2H3;1-2H,(H,5,6)(H,7,8)/p-2/b;2-1-. The Kier molecular flexibility index (Phi) is 7.02. The smallest absolute Gasteiger partial charge is 0.191 e. The van der Waals surface area contributed by atoms with Gasteiger partial charge in [0.2, 0.25) is 0 Å². The van der Waals surface area contributed by atoms with Gasteiger partial charge in [0.05, 0.1) is 18.0 Å². The molecule has 0 amide bonds. The van der Waals surface area contributed by atoms with Crippen LogP contribution in [0, 0.1) is 6.92 Å². The molecule has 0 radical (unpaired) electrons. The molecule has 1 fully saturated rings. The summed E-state index contributed by atoms with van der Waals surface area (Å²) >= 11 is 0. The maximum atomic E-state index is 9.41. The molecule has 4 rings (SSSR count). The SMILES string of the molecule is Cc1nc2c(o1)CCc1ccccc1C2N1CCN(C)CC1.O=C([O-])/C=C\C(=O)[O-]. The number of aliphatic carboxylic acids is 2. The first kappa shape index (κ1) is 21.7. The van der Waals surface area contributed by atoms with Crippen molar-refractivity contribution in [2.45, 2.75) is 25.8 Å². The number of carbonyl (C=O) groups is 2. The van der Waals surface area contributed by atoms with E-state index in [2.05, 4.69) is 41.1 Å². The van der Waals surface area contributed by atoms with Gasteiger partial charge in [-0.2, -0.15) is 0 Å². The van der Waals surface area contributed by atoms with Crippen molar-refractivity contribution in [2.75, 3.05) is 33.2 Å². The molecule has 0 spiro atoms. The van der Waals surface area contributed by atoms with E-state index >= 15 is 0 Å². The molecule has 1 unspecified atom stereocenters. The number of fused-ring (bicyclic) bond motifs is 2. The third-order valence-corrected chi connectivity index (χ3v) is 5.32. The van der Waals surface area contributed by atoms with Crippen molar-refractivity contribution in [3.05, 3.63) is 64.9 Å². The maximum absolute atomic E-state index is 9.41. The first-order valence-corrected chi connectivity index (χ1v) is 9.91. The third-order valence-electron chi connectivity index (χ3n) is 5.32. The van der Waals surface area contributed by atoms with Crippen LogP contribution in [0.2, 0.25) is 0 Å². The van der Waals surface area contributed by atoms with Crippen molar-refractivity contribution in [3.8, 4) is 0 Å². The van der Waals surface area contributed by atoms with Gasteiger partial charge >= 0.3 is 0 Å². The topological polar surface area (TPSA) is 113 Å². The molecular weight excluding hydrogens is 386 g/mol. The van der Waals surface area contributed by atoms with Crippen LogP contribution in [-0.4, -0.2) is 59.9 Å². The zero-order valence-corrected chi connectivity index (χ0v) is 17.2. The summed E-state index contributed by atoms with van der Waals surface area (Å²) in [5.74, 6) is -1.22. The molecular formula is C22H25N3O5-2. The normalized spacial score (nSPS) is 19.3. The highest BCUT2D eigenvalue weighted by molar-refractivity contribution is 5.87. The number of aryl methyl sites for hydroxylation is 3. The average molecular weight is 411 g/mol. The number of hydrogen-bond donors (Lipinski definition) is 0. The van der Waals surface area contributed by atoms with E-state index in [9.17, 15) is 19.8 Å². The number of oxazole rings is 1. The van der Waals surface area contributed by atoms with Gasteiger partial charge in [-0.25, -0.2) is 4.98 Å². The highest BCUT2D eigenvalue weighted by atomic mass is 16.4. The van der Waals surface area contributed by atoms with E-state index in [1.165, 1.54) is 11.1 Å². The van der Waals surface area contributed by atoms with Gasteiger partial charge in [0.25, 0.3) is 0 Å². The average Bonchev–Trinajstić information content (AvgIpc) is 3.01. The van der Waals surface area contributed by atoms with Gasteiger partial charge in [0.1, 0.15) is 11.5 Å². The zero-order chi connectivity index (χ0) is 21.7. The lowest BCUT2D eigenvalue weighted by molar-refractivity contribution is -0.301. The maximum Gasteiger partial charge on any atom is 0.191 e. The van der Waals surface area contributed by atoms with Crippen LogP contribution < -0.4 is 10.2 Å². The van der Waals surface area contributed by atoms with E-state index in [1.54, 1.807) is 0 Å². The minimum absolute atomic E-state index is 0.250. The lowest BCUT2D eigenvalue weighted by Crippen LogP contribution is -2.46. The summed E-state index contributed by atoms with van der Waals surface area (Å²) in [6.07, 6.45) is 2.77. The van der Waals surface area contributed by atoms with Gasteiger partial charge < -0.3 is 29.1 Å². The highest BCUT2D eigenvalue weighted by Gasteiger charge is 2.33. The lowest BCUT2D eigenvalue weighted by Gasteiger charge is -2.37. The minimum atomic E-state index is -1.55.